The number of carbonyl (C=O) groups excluding carboxylic acids is 1. The minimum atomic E-state index is -0.549. The fourth-order valence-electron chi connectivity index (χ4n) is 3.63. The normalized spacial score (nSPS) is 11.6. The van der Waals surface area contributed by atoms with E-state index in [9.17, 15) is 10.1 Å². The van der Waals surface area contributed by atoms with Gasteiger partial charge in [-0.15, -0.1) is 17.7 Å². The number of hydrogen-bond acceptors (Lipinski definition) is 6. The molecule has 2 N–H and O–H groups in total. The molecule has 1 heterocycles. The van der Waals surface area contributed by atoms with Crippen LogP contribution in [0.15, 0.2) is 89.7 Å². The highest BCUT2D eigenvalue weighted by Crippen LogP contribution is 2.27. The number of amides is 1. The molecule has 7 nitrogen and oxygen atoms in total. The summed E-state index contributed by atoms with van der Waals surface area (Å²) >= 11 is 4.41. The number of benzene rings is 3. The van der Waals surface area contributed by atoms with E-state index < -0.39 is 5.91 Å². The summed E-state index contributed by atoms with van der Waals surface area (Å²) in [5.74, 6) is 0.286. The van der Waals surface area contributed by atoms with Gasteiger partial charge in [0.1, 0.15) is 18.0 Å². The number of hydrogen-bond donors (Lipinski definition) is 3. The van der Waals surface area contributed by atoms with Crippen molar-refractivity contribution in [1.82, 2.24) is 14.8 Å². The quantitative estimate of drug-likeness (QED) is 0.164. The first-order valence-electron chi connectivity index (χ1n) is 11.5. The molecule has 0 atom stereocenters. The van der Waals surface area contributed by atoms with Crippen LogP contribution in [-0.2, 0) is 4.79 Å². The summed E-state index contributed by atoms with van der Waals surface area (Å²) < 4.78 is 1.72. The molecule has 0 unspecified atom stereocenters. The minimum absolute atomic E-state index is 0.112. The van der Waals surface area contributed by atoms with Gasteiger partial charge in [0.25, 0.3) is 5.91 Å². The zero-order valence-electron chi connectivity index (χ0n) is 20.2. The minimum Gasteiger partial charge on any atom is -0.349 e. The summed E-state index contributed by atoms with van der Waals surface area (Å²) in [6.07, 6.45) is 1.67. The largest absolute Gasteiger partial charge is 0.349 e. The van der Waals surface area contributed by atoms with Crippen molar-refractivity contribution in [2.75, 3.05) is 10.6 Å². The lowest BCUT2D eigenvalue weighted by Crippen LogP contribution is -2.16. The van der Waals surface area contributed by atoms with Gasteiger partial charge in [-0.2, -0.15) is 5.26 Å². The highest BCUT2D eigenvalue weighted by Gasteiger charge is 2.16. The molecule has 0 fully saturated rings. The second-order valence-electron chi connectivity index (χ2n) is 8.58. The molecular formula is C28H26N6OS. The van der Waals surface area contributed by atoms with Gasteiger partial charge in [-0.1, -0.05) is 49.7 Å². The van der Waals surface area contributed by atoms with Crippen LogP contribution in [0.2, 0.25) is 0 Å². The van der Waals surface area contributed by atoms with Crippen molar-refractivity contribution >= 4 is 29.9 Å². The summed E-state index contributed by atoms with van der Waals surface area (Å²) in [5.41, 5.74) is 5.20. The van der Waals surface area contributed by atoms with Gasteiger partial charge in [0.05, 0.1) is 10.7 Å². The van der Waals surface area contributed by atoms with Crippen LogP contribution in [-0.4, -0.2) is 20.7 Å². The molecule has 0 aliphatic heterocycles. The van der Waals surface area contributed by atoms with Gasteiger partial charge < -0.3 is 10.6 Å². The van der Waals surface area contributed by atoms with E-state index in [2.05, 4.69) is 47.2 Å². The Hall–Kier alpha value is -4.35. The van der Waals surface area contributed by atoms with E-state index in [0.717, 1.165) is 22.5 Å². The van der Waals surface area contributed by atoms with Crippen molar-refractivity contribution in [1.29, 1.82) is 5.26 Å². The second-order valence-corrected chi connectivity index (χ2v) is 9.03. The molecule has 0 radical (unpaired) electrons. The summed E-state index contributed by atoms with van der Waals surface area (Å²) in [4.78, 5) is 17.2. The molecule has 36 heavy (non-hydrogen) atoms. The zero-order valence-corrected chi connectivity index (χ0v) is 21.1. The molecule has 180 valence electrons. The zero-order chi connectivity index (χ0) is 25.7. The van der Waals surface area contributed by atoms with Gasteiger partial charge in [0.2, 0.25) is 0 Å². The van der Waals surface area contributed by atoms with Crippen LogP contribution in [0.3, 0.4) is 0 Å². The first-order chi connectivity index (χ1) is 17.4. The van der Waals surface area contributed by atoms with Gasteiger partial charge in [0, 0.05) is 16.9 Å². The Kier molecular flexibility index (Phi) is 7.52. The number of aryl methyl sites for hydroxylation is 1. The summed E-state index contributed by atoms with van der Waals surface area (Å²) in [5, 5.41) is 20.2. The molecule has 3 aromatic carbocycles. The molecular weight excluding hydrogens is 468 g/mol. The predicted octanol–water partition coefficient (Wildman–Crippen LogP) is 6.08. The average molecular weight is 495 g/mol. The number of nitrogens with one attached hydrogen (secondary N) is 2. The number of nitriles is 1. The maximum atomic E-state index is 12.8. The van der Waals surface area contributed by atoms with Crippen molar-refractivity contribution < 1.29 is 4.79 Å². The molecule has 0 spiro atoms. The Labute approximate surface area is 215 Å². The molecule has 1 amide bonds. The van der Waals surface area contributed by atoms with Crippen LogP contribution in [0.25, 0.3) is 17.1 Å². The third kappa shape index (κ3) is 5.65. The van der Waals surface area contributed by atoms with Gasteiger partial charge in [-0.25, -0.2) is 9.67 Å². The standard InChI is InChI=1S/C28H26N6OS/c1-18(2)23-6-4-5-7-25(23)32-28(36)24(16-29)27(35)31-21-12-10-20(11-13-21)26-30-17-34(33-26)22-14-8-19(3)9-15-22/h4-15,17-18,32,36H,1-3H3,(H,31,35)/b28-24-. The number of aromatic nitrogens is 3. The van der Waals surface area contributed by atoms with Crippen LogP contribution in [0, 0.1) is 18.3 Å². The lowest BCUT2D eigenvalue weighted by molar-refractivity contribution is -0.112. The molecule has 0 aliphatic rings. The summed E-state index contributed by atoms with van der Waals surface area (Å²) in [7, 11) is 0. The molecule has 4 rings (SSSR count). The van der Waals surface area contributed by atoms with Gasteiger partial charge in [-0.3, -0.25) is 4.79 Å². The highest BCUT2D eigenvalue weighted by atomic mass is 32.1. The molecule has 0 saturated heterocycles. The first kappa shape index (κ1) is 24.8. The van der Waals surface area contributed by atoms with Crippen molar-refractivity contribution in [2.45, 2.75) is 26.7 Å². The fourth-order valence-corrected chi connectivity index (χ4v) is 3.90. The number of anilines is 2. The van der Waals surface area contributed by atoms with Crippen molar-refractivity contribution in [3.05, 3.63) is 101 Å². The van der Waals surface area contributed by atoms with E-state index in [0.29, 0.717) is 11.5 Å². The second kappa shape index (κ2) is 10.9. The Morgan fingerprint density at radius 3 is 2.36 bits per heavy atom. The number of carbonyl (C=O) groups is 1. The van der Waals surface area contributed by atoms with E-state index in [1.807, 2.05) is 73.7 Å². The van der Waals surface area contributed by atoms with Crippen molar-refractivity contribution in [2.24, 2.45) is 0 Å². The topological polar surface area (TPSA) is 95.6 Å². The Morgan fingerprint density at radius 1 is 1.00 bits per heavy atom. The monoisotopic (exact) mass is 494 g/mol. The molecule has 0 saturated carbocycles. The Morgan fingerprint density at radius 2 is 1.69 bits per heavy atom. The van der Waals surface area contributed by atoms with E-state index in [4.69, 9.17) is 0 Å². The van der Waals surface area contributed by atoms with Crippen LogP contribution < -0.4 is 10.6 Å². The van der Waals surface area contributed by atoms with E-state index in [-0.39, 0.29) is 16.5 Å². The molecule has 4 aromatic rings. The van der Waals surface area contributed by atoms with Crippen molar-refractivity contribution in [3.8, 4) is 23.1 Å². The highest BCUT2D eigenvalue weighted by molar-refractivity contribution is 7.84. The van der Waals surface area contributed by atoms with Gasteiger partial charge >= 0.3 is 0 Å². The number of para-hydroxylation sites is 1. The number of thiol groups is 1. The van der Waals surface area contributed by atoms with Gasteiger partial charge in [-0.05, 0) is 60.9 Å². The molecule has 0 aliphatic carbocycles. The molecule has 0 bridgehead atoms. The Balaban J connectivity index is 1.47. The van der Waals surface area contributed by atoms with Crippen LogP contribution in [0.4, 0.5) is 11.4 Å². The van der Waals surface area contributed by atoms with E-state index >= 15 is 0 Å². The van der Waals surface area contributed by atoms with E-state index in [1.165, 1.54) is 5.56 Å². The lowest BCUT2D eigenvalue weighted by Gasteiger charge is -2.15. The SMILES string of the molecule is Cc1ccc(-n2cnc(-c3ccc(NC(=O)/C(C#N)=C(\S)Nc4ccccc4C(C)C)cc3)n2)cc1. The maximum absolute atomic E-state index is 12.8. The summed E-state index contributed by atoms with van der Waals surface area (Å²) in [6, 6.07) is 24.8. The van der Waals surface area contributed by atoms with Crippen LogP contribution in [0.5, 0.6) is 0 Å². The first-order valence-corrected chi connectivity index (χ1v) is 11.9. The van der Waals surface area contributed by atoms with Gasteiger partial charge in [0.15, 0.2) is 5.82 Å². The lowest BCUT2D eigenvalue weighted by atomic mass is 10.0. The fraction of sp³-hybridized carbons (Fsp3) is 0.143. The molecule has 1 aromatic heterocycles. The third-order valence-electron chi connectivity index (χ3n) is 5.60. The number of nitrogens with zero attached hydrogens (tertiary/aromatic N) is 4. The third-order valence-corrected chi connectivity index (χ3v) is 5.94. The average Bonchev–Trinajstić information content (AvgIpc) is 3.36. The maximum Gasteiger partial charge on any atom is 0.269 e. The van der Waals surface area contributed by atoms with E-state index in [1.54, 1.807) is 23.1 Å². The smallest absolute Gasteiger partial charge is 0.269 e. The van der Waals surface area contributed by atoms with Crippen LogP contribution >= 0.6 is 12.6 Å². The predicted molar refractivity (Wildman–Crippen MR) is 146 cm³/mol. The van der Waals surface area contributed by atoms with Crippen LogP contribution in [0.1, 0.15) is 30.9 Å². The summed E-state index contributed by atoms with van der Waals surface area (Å²) in [6.45, 7) is 6.19. The van der Waals surface area contributed by atoms with Crippen molar-refractivity contribution in [3.63, 3.8) is 0 Å². The number of rotatable bonds is 7. The Bertz CT molecular complexity index is 1450. The molecule has 8 heteroatoms.